The molecule has 1 aliphatic heterocycles. The molecule has 1 saturated carbocycles. The molecule has 5 nitrogen and oxygen atoms in total. The van der Waals surface area contributed by atoms with Crippen molar-refractivity contribution < 1.29 is 14.7 Å². The molecule has 5 heteroatoms. The third kappa shape index (κ3) is 2.32. The van der Waals surface area contributed by atoms with Crippen LogP contribution in [0.3, 0.4) is 0 Å². The fraction of sp³-hybridized carbons (Fsp3) is 0.600. The molecule has 1 aromatic rings. The number of aromatic nitrogens is 1. The van der Waals surface area contributed by atoms with Crippen molar-refractivity contribution in [2.75, 3.05) is 6.54 Å². The van der Waals surface area contributed by atoms with Crippen LogP contribution in [-0.4, -0.2) is 33.4 Å². The summed E-state index contributed by atoms with van der Waals surface area (Å²) in [7, 11) is 0. The Labute approximate surface area is 118 Å². The number of amides is 1. The first-order valence-electron chi connectivity index (χ1n) is 7.33. The normalized spacial score (nSPS) is 29.8. The quantitative estimate of drug-likeness (QED) is 0.888. The van der Waals surface area contributed by atoms with E-state index in [2.05, 4.69) is 4.98 Å². The van der Waals surface area contributed by atoms with Crippen LogP contribution < -0.4 is 0 Å². The lowest BCUT2D eigenvalue weighted by molar-refractivity contribution is -0.141. The molecular weight excluding hydrogens is 256 g/mol. The zero-order chi connectivity index (χ0) is 14.1. The lowest BCUT2D eigenvalue weighted by Gasteiger charge is -2.27. The minimum atomic E-state index is -0.761. The van der Waals surface area contributed by atoms with Crippen LogP contribution in [0.2, 0.25) is 0 Å². The van der Waals surface area contributed by atoms with Crippen molar-refractivity contribution in [3.8, 4) is 0 Å². The molecule has 20 heavy (non-hydrogen) atoms. The summed E-state index contributed by atoms with van der Waals surface area (Å²) < 4.78 is 0. The Morgan fingerprint density at radius 2 is 2.05 bits per heavy atom. The SMILES string of the molecule is O=C(O)C1CCC(C(=O)N2CCCC2c2ccc[nH]2)C1. The molecule has 1 aliphatic carbocycles. The Morgan fingerprint density at radius 1 is 1.25 bits per heavy atom. The highest BCUT2D eigenvalue weighted by Crippen LogP contribution is 2.37. The van der Waals surface area contributed by atoms with Gasteiger partial charge in [0.1, 0.15) is 0 Å². The highest BCUT2D eigenvalue weighted by atomic mass is 16.4. The molecule has 0 aromatic carbocycles. The van der Waals surface area contributed by atoms with Crippen LogP contribution in [0.25, 0.3) is 0 Å². The van der Waals surface area contributed by atoms with Crippen LogP contribution in [0, 0.1) is 11.8 Å². The third-order valence-corrected chi connectivity index (χ3v) is 4.65. The van der Waals surface area contributed by atoms with Crippen molar-refractivity contribution in [1.82, 2.24) is 9.88 Å². The van der Waals surface area contributed by atoms with Gasteiger partial charge in [-0.05, 0) is 44.2 Å². The number of hydrogen-bond acceptors (Lipinski definition) is 2. The number of hydrogen-bond donors (Lipinski definition) is 2. The molecule has 2 heterocycles. The molecule has 1 amide bonds. The summed E-state index contributed by atoms with van der Waals surface area (Å²) in [5.74, 6) is -1.06. The van der Waals surface area contributed by atoms with E-state index >= 15 is 0 Å². The Morgan fingerprint density at radius 3 is 2.70 bits per heavy atom. The van der Waals surface area contributed by atoms with E-state index < -0.39 is 5.97 Å². The van der Waals surface area contributed by atoms with Crippen molar-refractivity contribution in [1.29, 1.82) is 0 Å². The molecule has 108 valence electrons. The van der Waals surface area contributed by atoms with Crippen LogP contribution in [-0.2, 0) is 9.59 Å². The molecule has 1 saturated heterocycles. The van der Waals surface area contributed by atoms with Crippen molar-refractivity contribution in [2.24, 2.45) is 11.8 Å². The fourth-order valence-electron chi connectivity index (χ4n) is 3.57. The number of carbonyl (C=O) groups excluding carboxylic acids is 1. The lowest BCUT2D eigenvalue weighted by atomic mass is 10.0. The first-order chi connectivity index (χ1) is 9.66. The van der Waals surface area contributed by atoms with Crippen LogP contribution in [0.1, 0.15) is 43.8 Å². The minimum absolute atomic E-state index is 0.105. The molecular formula is C15H20N2O3. The van der Waals surface area contributed by atoms with Gasteiger partial charge in [0.25, 0.3) is 0 Å². The monoisotopic (exact) mass is 276 g/mol. The maximum atomic E-state index is 12.6. The van der Waals surface area contributed by atoms with Crippen LogP contribution >= 0.6 is 0 Å². The lowest BCUT2D eigenvalue weighted by Crippen LogP contribution is -2.35. The summed E-state index contributed by atoms with van der Waals surface area (Å²) in [6, 6.07) is 4.11. The molecule has 0 bridgehead atoms. The number of H-pyrrole nitrogens is 1. The van der Waals surface area contributed by atoms with Crippen molar-refractivity contribution >= 4 is 11.9 Å². The summed E-state index contributed by atoms with van der Waals surface area (Å²) in [4.78, 5) is 28.8. The number of carboxylic acid groups (broad SMARTS) is 1. The van der Waals surface area contributed by atoms with Gasteiger partial charge in [-0.1, -0.05) is 0 Å². The smallest absolute Gasteiger partial charge is 0.306 e. The largest absolute Gasteiger partial charge is 0.481 e. The topological polar surface area (TPSA) is 73.4 Å². The number of nitrogens with one attached hydrogen (secondary N) is 1. The third-order valence-electron chi connectivity index (χ3n) is 4.65. The van der Waals surface area contributed by atoms with E-state index in [0.717, 1.165) is 25.1 Å². The second-order valence-electron chi connectivity index (χ2n) is 5.86. The van der Waals surface area contributed by atoms with E-state index in [1.54, 1.807) is 0 Å². The zero-order valence-electron chi connectivity index (χ0n) is 11.4. The predicted molar refractivity (Wildman–Crippen MR) is 72.9 cm³/mol. The summed E-state index contributed by atoms with van der Waals surface area (Å²) in [6.07, 6.45) is 5.73. The van der Waals surface area contributed by atoms with E-state index in [1.807, 2.05) is 23.2 Å². The Hall–Kier alpha value is -1.78. The molecule has 0 spiro atoms. The van der Waals surface area contributed by atoms with Crippen molar-refractivity contribution in [3.63, 3.8) is 0 Å². The molecule has 2 N–H and O–H groups in total. The predicted octanol–water partition coefficient (Wildman–Crippen LogP) is 2.18. The van der Waals surface area contributed by atoms with Gasteiger partial charge in [0.05, 0.1) is 12.0 Å². The van der Waals surface area contributed by atoms with Crippen LogP contribution in [0.4, 0.5) is 0 Å². The van der Waals surface area contributed by atoms with E-state index in [9.17, 15) is 9.59 Å². The highest BCUT2D eigenvalue weighted by molar-refractivity contribution is 5.81. The van der Waals surface area contributed by atoms with Gasteiger partial charge in [-0.15, -0.1) is 0 Å². The van der Waals surface area contributed by atoms with Gasteiger partial charge in [0.15, 0.2) is 0 Å². The van der Waals surface area contributed by atoms with Gasteiger partial charge in [-0.25, -0.2) is 0 Å². The summed E-state index contributed by atoms with van der Waals surface area (Å²) in [5.41, 5.74) is 1.09. The number of aliphatic carboxylic acids is 1. The fourth-order valence-corrected chi connectivity index (χ4v) is 3.57. The Balaban J connectivity index is 1.69. The van der Waals surface area contributed by atoms with Crippen molar-refractivity contribution in [3.05, 3.63) is 24.0 Å². The number of carbonyl (C=O) groups is 2. The number of aromatic amines is 1. The van der Waals surface area contributed by atoms with Crippen molar-refractivity contribution in [2.45, 2.75) is 38.1 Å². The molecule has 3 unspecified atom stereocenters. The second kappa shape index (κ2) is 5.31. The Bertz CT molecular complexity index is 497. The first-order valence-corrected chi connectivity index (χ1v) is 7.33. The second-order valence-corrected chi connectivity index (χ2v) is 5.86. The summed E-state index contributed by atoms with van der Waals surface area (Å²) >= 11 is 0. The summed E-state index contributed by atoms with van der Waals surface area (Å²) in [6.45, 7) is 0.788. The van der Waals surface area contributed by atoms with E-state index in [1.165, 1.54) is 0 Å². The Kier molecular flexibility index (Phi) is 3.51. The number of carboxylic acids is 1. The average molecular weight is 276 g/mol. The maximum absolute atomic E-state index is 12.6. The standard InChI is InChI=1S/C15H20N2O3/c18-14(10-5-6-11(9-10)15(19)20)17-8-2-4-13(17)12-3-1-7-16-12/h1,3,7,10-11,13,16H,2,4-6,8-9H2,(H,19,20). The zero-order valence-corrected chi connectivity index (χ0v) is 11.4. The number of rotatable bonds is 3. The molecule has 0 radical (unpaired) electrons. The molecule has 3 atom stereocenters. The van der Waals surface area contributed by atoms with Crippen LogP contribution in [0.15, 0.2) is 18.3 Å². The van der Waals surface area contributed by atoms with Crippen LogP contribution in [0.5, 0.6) is 0 Å². The molecule has 2 aliphatic rings. The van der Waals surface area contributed by atoms with E-state index in [-0.39, 0.29) is 23.8 Å². The van der Waals surface area contributed by atoms with Gasteiger partial charge in [-0.2, -0.15) is 0 Å². The first kappa shape index (κ1) is 13.2. The molecule has 2 fully saturated rings. The van der Waals surface area contributed by atoms with Gasteiger partial charge in [-0.3, -0.25) is 9.59 Å². The average Bonchev–Trinajstić information content (AvgIpc) is 3.17. The number of likely N-dealkylation sites (tertiary alicyclic amines) is 1. The number of nitrogens with zero attached hydrogens (tertiary/aromatic N) is 1. The maximum Gasteiger partial charge on any atom is 0.306 e. The minimum Gasteiger partial charge on any atom is -0.481 e. The molecule has 1 aromatic heterocycles. The van der Waals surface area contributed by atoms with E-state index in [4.69, 9.17) is 5.11 Å². The summed E-state index contributed by atoms with van der Waals surface area (Å²) in [5, 5.41) is 9.05. The highest BCUT2D eigenvalue weighted by Gasteiger charge is 2.39. The van der Waals surface area contributed by atoms with Gasteiger partial charge in [0.2, 0.25) is 5.91 Å². The van der Waals surface area contributed by atoms with Gasteiger partial charge in [0, 0.05) is 24.4 Å². The van der Waals surface area contributed by atoms with E-state index in [0.29, 0.717) is 19.3 Å². The molecule has 3 rings (SSSR count). The van der Waals surface area contributed by atoms with Gasteiger partial charge < -0.3 is 15.0 Å². The van der Waals surface area contributed by atoms with Gasteiger partial charge >= 0.3 is 5.97 Å².